The number of amides is 2. The first-order valence-electron chi connectivity index (χ1n) is 9.71. The van der Waals surface area contributed by atoms with E-state index in [-0.39, 0.29) is 17.4 Å². The molecule has 7 nitrogen and oxygen atoms in total. The van der Waals surface area contributed by atoms with E-state index in [0.29, 0.717) is 6.42 Å². The number of carbonyl (C=O) groups excluding carboxylic acids is 2. The SMILES string of the molecule is CC/C(=C\[C@H](C(C)C)N(C)C(=O)[C@@H](NC(=O)OC(C)(C)C)C(C)(C)C)C(=O)O. The van der Waals surface area contributed by atoms with Crippen molar-refractivity contribution in [2.45, 2.75) is 86.4 Å². The van der Waals surface area contributed by atoms with E-state index in [9.17, 15) is 19.5 Å². The predicted molar refractivity (Wildman–Crippen MR) is 110 cm³/mol. The number of carboxylic acid groups (broad SMARTS) is 1. The molecule has 0 radical (unpaired) electrons. The van der Waals surface area contributed by atoms with E-state index in [1.807, 2.05) is 34.6 Å². The monoisotopic (exact) mass is 398 g/mol. The van der Waals surface area contributed by atoms with Gasteiger partial charge in [0.1, 0.15) is 11.6 Å². The second-order valence-corrected chi connectivity index (χ2v) is 9.48. The zero-order valence-corrected chi connectivity index (χ0v) is 19.0. The molecular formula is C21H38N2O5. The molecule has 2 N–H and O–H groups in total. The third-order valence-electron chi connectivity index (χ3n) is 4.28. The second kappa shape index (κ2) is 9.94. The highest BCUT2D eigenvalue weighted by atomic mass is 16.6. The van der Waals surface area contributed by atoms with Gasteiger partial charge in [-0.05, 0) is 38.5 Å². The van der Waals surface area contributed by atoms with Crippen molar-refractivity contribution in [3.63, 3.8) is 0 Å². The predicted octanol–water partition coefficient (Wildman–Crippen LogP) is 3.83. The van der Waals surface area contributed by atoms with Gasteiger partial charge in [0, 0.05) is 12.6 Å². The van der Waals surface area contributed by atoms with Crippen molar-refractivity contribution in [2.24, 2.45) is 11.3 Å². The zero-order valence-electron chi connectivity index (χ0n) is 19.0. The normalized spacial score (nSPS) is 15.0. The minimum atomic E-state index is -0.992. The Balaban J connectivity index is 5.77. The lowest BCUT2D eigenvalue weighted by Gasteiger charge is -2.37. The lowest BCUT2D eigenvalue weighted by molar-refractivity contribution is -0.137. The average molecular weight is 399 g/mol. The standard InChI is InChI=1S/C21H38N2O5/c1-11-14(18(25)26)12-15(13(2)3)23(10)17(24)16(20(4,5)6)22-19(27)28-21(7,8)9/h12-13,15-16H,11H2,1-10H3,(H,22,27)(H,25,26)/b14-12+/t15-,16-/m1/s1. The number of nitrogens with one attached hydrogen (secondary N) is 1. The van der Waals surface area contributed by atoms with Crippen molar-refractivity contribution in [2.75, 3.05) is 7.05 Å². The van der Waals surface area contributed by atoms with Crippen molar-refractivity contribution < 1.29 is 24.2 Å². The molecule has 0 bridgehead atoms. The third-order valence-corrected chi connectivity index (χ3v) is 4.28. The molecule has 0 aliphatic rings. The van der Waals surface area contributed by atoms with Crippen LogP contribution in [0.1, 0.15) is 68.7 Å². The number of likely N-dealkylation sites (N-methyl/N-ethyl adjacent to an activating group) is 1. The van der Waals surface area contributed by atoms with Gasteiger partial charge >= 0.3 is 12.1 Å². The summed E-state index contributed by atoms with van der Waals surface area (Å²) in [5, 5.41) is 12.0. The average Bonchev–Trinajstić information content (AvgIpc) is 2.48. The fourth-order valence-corrected chi connectivity index (χ4v) is 2.72. The molecule has 0 aromatic rings. The maximum atomic E-state index is 13.3. The summed E-state index contributed by atoms with van der Waals surface area (Å²) in [6.45, 7) is 16.4. The molecule has 7 heteroatoms. The summed E-state index contributed by atoms with van der Waals surface area (Å²) in [4.78, 5) is 38.4. The molecule has 0 rings (SSSR count). The van der Waals surface area contributed by atoms with Crippen molar-refractivity contribution in [3.05, 3.63) is 11.6 Å². The molecule has 2 amide bonds. The van der Waals surface area contributed by atoms with Crippen LogP contribution in [0.25, 0.3) is 0 Å². The molecule has 0 spiro atoms. The van der Waals surface area contributed by atoms with E-state index >= 15 is 0 Å². The molecule has 0 aliphatic carbocycles. The van der Waals surface area contributed by atoms with Gasteiger partial charge in [-0.15, -0.1) is 0 Å². The Labute approximate surface area is 169 Å². The van der Waals surface area contributed by atoms with Gasteiger partial charge in [0.2, 0.25) is 5.91 Å². The first-order valence-corrected chi connectivity index (χ1v) is 9.71. The fourth-order valence-electron chi connectivity index (χ4n) is 2.72. The van der Waals surface area contributed by atoms with Gasteiger partial charge in [0.05, 0.1) is 6.04 Å². The summed E-state index contributed by atoms with van der Waals surface area (Å²) >= 11 is 0. The quantitative estimate of drug-likeness (QED) is 0.635. The molecule has 28 heavy (non-hydrogen) atoms. The maximum Gasteiger partial charge on any atom is 0.408 e. The number of aliphatic carboxylic acids is 1. The summed E-state index contributed by atoms with van der Waals surface area (Å²) in [5.74, 6) is -1.29. The Bertz CT molecular complexity index is 597. The van der Waals surface area contributed by atoms with Gasteiger partial charge in [-0.25, -0.2) is 9.59 Å². The highest BCUT2D eigenvalue weighted by Gasteiger charge is 2.38. The molecule has 0 heterocycles. The van der Waals surface area contributed by atoms with E-state index in [2.05, 4.69) is 5.32 Å². The van der Waals surface area contributed by atoms with Gasteiger partial charge < -0.3 is 20.1 Å². The highest BCUT2D eigenvalue weighted by molar-refractivity contribution is 5.88. The minimum Gasteiger partial charge on any atom is -0.478 e. The van der Waals surface area contributed by atoms with Crippen molar-refractivity contribution in [3.8, 4) is 0 Å². The topological polar surface area (TPSA) is 95.9 Å². The van der Waals surface area contributed by atoms with Gasteiger partial charge in [0.15, 0.2) is 0 Å². The van der Waals surface area contributed by atoms with E-state index in [0.717, 1.165) is 0 Å². The third kappa shape index (κ3) is 8.31. The van der Waals surface area contributed by atoms with Gasteiger partial charge in [-0.2, -0.15) is 0 Å². The number of hydrogen-bond acceptors (Lipinski definition) is 4. The number of nitrogens with zero attached hydrogens (tertiary/aromatic N) is 1. The van der Waals surface area contributed by atoms with Crippen molar-refractivity contribution in [1.82, 2.24) is 10.2 Å². The number of ether oxygens (including phenoxy) is 1. The molecule has 162 valence electrons. The summed E-state index contributed by atoms with van der Waals surface area (Å²) in [7, 11) is 1.63. The molecule has 0 aromatic carbocycles. The minimum absolute atomic E-state index is 0.00278. The zero-order chi connectivity index (χ0) is 22.4. The molecule has 0 aliphatic heterocycles. The van der Waals surface area contributed by atoms with Crippen LogP contribution in [0.5, 0.6) is 0 Å². The summed E-state index contributed by atoms with van der Waals surface area (Å²) in [6, 6.07) is -1.24. The first-order chi connectivity index (χ1) is 12.5. The number of alkyl carbamates (subject to hydrolysis) is 1. The molecule has 0 saturated carbocycles. The van der Waals surface area contributed by atoms with Crippen molar-refractivity contribution in [1.29, 1.82) is 0 Å². The molecule has 0 saturated heterocycles. The largest absolute Gasteiger partial charge is 0.478 e. The molecule has 0 unspecified atom stereocenters. The Kier molecular flexibility index (Phi) is 9.21. The van der Waals surface area contributed by atoms with Crippen LogP contribution in [0.4, 0.5) is 4.79 Å². The van der Waals surface area contributed by atoms with Crippen LogP contribution in [-0.4, -0.2) is 52.7 Å². The molecular weight excluding hydrogens is 360 g/mol. The number of hydrogen-bond donors (Lipinski definition) is 2. The van der Waals surface area contributed by atoms with E-state index in [4.69, 9.17) is 4.74 Å². The van der Waals surface area contributed by atoms with Crippen LogP contribution in [0, 0.1) is 11.3 Å². The van der Waals surface area contributed by atoms with Gasteiger partial charge in [-0.3, -0.25) is 4.79 Å². The van der Waals surface area contributed by atoms with Crippen LogP contribution in [0.3, 0.4) is 0 Å². The van der Waals surface area contributed by atoms with Gasteiger partial charge in [-0.1, -0.05) is 47.6 Å². The fraction of sp³-hybridized carbons (Fsp3) is 0.762. The number of carbonyl (C=O) groups is 3. The Morgan fingerprint density at radius 1 is 1.11 bits per heavy atom. The van der Waals surface area contributed by atoms with Crippen molar-refractivity contribution >= 4 is 18.0 Å². The summed E-state index contributed by atoms with van der Waals surface area (Å²) in [5.41, 5.74) is -0.985. The van der Waals surface area contributed by atoms with E-state index in [1.54, 1.807) is 40.8 Å². The van der Waals surface area contributed by atoms with E-state index in [1.165, 1.54) is 4.90 Å². The Morgan fingerprint density at radius 2 is 1.61 bits per heavy atom. The summed E-state index contributed by atoms with van der Waals surface area (Å²) in [6.07, 6.45) is 1.32. The lowest BCUT2D eigenvalue weighted by atomic mass is 9.85. The number of rotatable bonds is 7. The maximum absolute atomic E-state index is 13.3. The van der Waals surface area contributed by atoms with Crippen LogP contribution >= 0.6 is 0 Å². The summed E-state index contributed by atoms with van der Waals surface area (Å²) < 4.78 is 5.30. The van der Waals surface area contributed by atoms with E-state index < -0.39 is 35.2 Å². The second-order valence-electron chi connectivity index (χ2n) is 9.48. The molecule has 0 fully saturated rings. The van der Waals surface area contributed by atoms with Crippen LogP contribution in [0.2, 0.25) is 0 Å². The lowest BCUT2D eigenvalue weighted by Crippen LogP contribution is -2.57. The Morgan fingerprint density at radius 3 is 1.93 bits per heavy atom. The highest BCUT2D eigenvalue weighted by Crippen LogP contribution is 2.24. The number of carboxylic acids is 1. The Hall–Kier alpha value is -2.05. The molecule has 2 atom stereocenters. The van der Waals surface area contributed by atoms with Gasteiger partial charge in [0.25, 0.3) is 0 Å². The first kappa shape index (κ1) is 26.0. The van der Waals surface area contributed by atoms with Crippen LogP contribution < -0.4 is 5.32 Å². The van der Waals surface area contributed by atoms with Crippen LogP contribution in [-0.2, 0) is 14.3 Å². The smallest absolute Gasteiger partial charge is 0.408 e. The van der Waals surface area contributed by atoms with Crippen LogP contribution in [0.15, 0.2) is 11.6 Å². The molecule has 0 aromatic heterocycles.